The summed E-state index contributed by atoms with van der Waals surface area (Å²) < 4.78 is 11.7. The lowest BCUT2D eigenvalue weighted by molar-refractivity contribution is 0.0766. The van der Waals surface area contributed by atoms with Gasteiger partial charge in [-0.1, -0.05) is 28.1 Å². The minimum atomic E-state index is -0.0170. The van der Waals surface area contributed by atoms with Gasteiger partial charge in [0, 0.05) is 48.3 Å². The first-order chi connectivity index (χ1) is 15.1. The molecule has 2 aromatic carbocycles. The molecule has 31 heavy (non-hydrogen) atoms. The molecule has 0 unspecified atom stereocenters. The summed E-state index contributed by atoms with van der Waals surface area (Å²) in [6.07, 6.45) is 0.868. The summed E-state index contributed by atoms with van der Waals surface area (Å²) in [6, 6.07) is 15.5. The second-order valence-corrected chi connectivity index (χ2v) is 8.30. The van der Waals surface area contributed by atoms with E-state index in [1.54, 1.807) is 32.4 Å². The van der Waals surface area contributed by atoms with Gasteiger partial charge in [0.25, 0.3) is 5.91 Å². The zero-order valence-corrected chi connectivity index (χ0v) is 19.2. The van der Waals surface area contributed by atoms with Gasteiger partial charge in [0.15, 0.2) is 5.82 Å². The fourth-order valence-electron chi connectivity index (χ4n) is 3.71. The molecule has 8 heteroatoms. The smallest absolute Gasteiger partial charge is 0.254 e. The summed E-state index contributed by atoms with van der Waals surface area (Å²) in [4.78, 5) is 17.2. The van der Waals surface area contributed by atoms with Crippen LogP contribution in [0.5, 0.6) is 11.5 Å². The van der Waals surface area contributed by atoms with E-state index in [4.69, 9.17) is 9.47 Å². The van der Waals surface area contributed by atoms with Gasteiger partial charge in [-0.2, -0.15) is 5.10 Å². The molecule has 7 nitrogen and oxygen atoms in total. The number of nitrogens with zero attached hydrogens (tertiary/aromatic N) is 3. The predicted octanol–water partition coefficient (Wildman–Crippen LogP) is 4.21. The van der Waals surface area contributed by atoms with Crippen molar-refractivity contribution >= 4 is 27.7 Å². The van der Waals surface area contributed by atoms with Crippen molar-refractivity contribution in [3.05, 3.63) is 58.6 Å². The van der Waals surface area contributed by atoms with Crippen molar-refractivity contribution in [2.24, 2.45) is 0 Å². The maximum absolute atomic E-state index is 13.1. The number of rotatable bonds is 5. The van der Waals surface area contributed by atoms with Gasteiger partial charge in [-0.25, -0.2) is 0 Å². The van der Waals surface area contributed by atoms with Crippen molar-refractivity contribution in [2.75, 3.05) is 45.3 Å². The molecule has 1 aromatic heterocycles. The first kappa shape index (κ1) is 21.2. The average Bonchev–Trinajstić information content (AvgIpc) is 3.16. The Bertz CT molecular complexity index is 1030. The lowest BCUT2D eigenvalue weighted by atomic mass is 10.1. The average molecular weight is 485 g/mol. The molecule has 1 N–H and O–H groups in total. The van der Waals surface area contributed by atoms with Gasteiger partial charge < -0.3 is 19.3 Å². The van der Waals surface area contributed by atoms with Crippen LogP contribution in [0.1, 0.15) is 16.8 Å². The van der Waals surface area contributed by atoms with Crippen molar-refractivity contribution in [1.82, 2.24) is 15.1 Å². The van der Waals surface area contributed by atoms with E-state index in [-0.39, 0.29) is 5.91 Å². The van der Waals surface area contributed by atoms with E-state index in [0.29, 0.717) is 30.2 Å². The summed E-state index contributed by atoms with van der Waals surface area (Å²) in [5, 5.41) is 7.64. The highest BCUT2D eigenvalue weighted by Gasteiger charge is 2.22. The van der Waals surface area contributed by atoms with E-state index in [1.807, 2.05) is 29.2 Å². The molecule has 1 aliphatic rings. The monoisotopic (exact) mass is 484 g/mol. The van der Waals surface area contributed by atoms with E-state index in [1.165, 1.54) is 0 Å². The topological polar surface area (TPSA) is 70.7 Å². The molecule has 0 atom stereocenters. The van der Waals surface area contributed by atoms with Crippen LogP contribution in [0.3, 0.4) is 0 Å². The quantitative estimate of drug-likeness (QED) is 0.587. The van der Waals surface area contributed by atoms with Crippen LogP contribution in [0.4, 0.5) is 5.82 Å². The Kier molecular flexibility index (Phi) is 6.46. The number of nitrogens with one attached hydrogen (secondary N) is 1. The molecule has 1 saturated heterocycles. The number of amides is 1. The fourth-order valence-corrected chi connectivity index (χ4v) is 3.98. The highest BCUT2D eigenvalue weighted by atomic mass is 79.9. The lowest BCUT2D eigenvalue weighted by Gasteiger charge is -2.22. The first-order valence-electron chi connectivity index (χ1n) is 10.2. The van der Waals surface area contributed by atoms with E-state index >= 15 is 0 Å². The zero-order chi connectivity index (χ0) is 21.8. The standard InChI is InChI=1S/C23H25BrN4O3/c1-30-19-12-17(13-20(14-19)31-2)23(29)28-9-3-8-27(10-11-28)22-15-21(25-26-22)16-4-6-18(24)7-5-16/h4-7,12-15H,3,8-11H2,1-2H3,(H,25,26). The third kappa shape index (κ3) is 4.85. The van der Waals surface area contributed by atoms with Crippen LogP contribution < -0.4 is 14.4 Å². The molecule has 2 heterocycles. The number of hydrogen-bond acceptors (Lipinski definition) is 5. The number of benzene rings is 2. The maximum Gasteiger partial charge on any atom is 0.254 e. The number of aromatic amines is 1. The number of anilines is 1. The van der Waals surface area contributed by atoms with E-state index in [2.05, 4.69) is 37.1 Å². The Hall–Kier alpha value is -3.00. The van der Waals surface area contributed by atoms with Crippen LogP contribution >= 0.6 is 15.9 Å². The molecular formula is C23H25BrN4O3. The summed E-state index contributed by atoms with van der Waals surface area (Å²) in [6.45, 7) is 2.88. The molecule has 0 spiro atoms. The fraction of sp³-hybridized carbons (Fsp3) is 0.304. The molecule has 0 saturated carbocycles. The molecule has 0 radical (unpaired) electrons. The second kappa shape index (κ2) is 9.43. The molecule has 0 bridgehead atoms. The molecule has 0 aliphatic carbocycles. The Morgan fingerprint density at radius 1 is 0.968 bits per heavy atom. The number of halogens is 1. The van der Waals surface area contributed by atoms with Crippen molar-refractivity contribution in [1.29, 1.82) is 0 Å². The van der Waals surface area contributed by atoms with Gasteiger partial charge in [-0.3, -0.25) is 9.89 Å². The van der Waals surface area contributed by atoms with Gasteiger partial charge >= 0.3 is 0 Å². The second-order valence-electron chi connectivity index (χ2n) is 7.38. The first-order valence-corrected chi connectivity index (χ1v) is 11.0. The number of carbonyl (C=O) groups excluding carboxylic acids is 1. The van der Waals surface area contributed by atoms with Crippen LogP contribution in [-0.2, 0) is 0 Å². The Labute approximate surface area is 190 Å². The van der Waals surface area contributed by atoms with Crippen LogP contribution in [0.2, 0.25) is 0 Å². The minimum absolute atomic E-state index is 0.0170. The highest BCUT2D eigenvalue weighted by molar-refractivity contribution is 9.10. The molecule has 1 fully saturated rings. The van der Waals surface area contributed by atoms with E-state index < -0.39 is 0 Å². The van der Waals surface area contributed by atoms with Gasteiger partial charge in [-0.05, 0) is 36.2 Å². The number of methoxy groups -OCH3 is 2. The third-order valence-corrected chi connectivity index (χ3v) is 5.95. The predicted molar refractivity (Wildman–Crippen MR) is 124 cm³/mol. The van der Waals surface area contributed by atoms with Crippen LogP contribution in [0.25, 0.3) is 11.3 Å². The normalized spacial score (nSPS) is 14.3. The largest absolute Gasteiger partial charge is 0.497 e. The van der Waals surface area contributed by atoms with Gasteiger partial charge in [-0.15, -0.1) is 0 Å². The number of hydrogen-bond donors (Lipinski definition) is 1. The van der Waals surface area contributed by atoms with Crippen LogP contribution in [-0.4, -0.2) is 61.4 Å². The van der Waals surface area contributed by atoms with E-state index in [9.17, 15) is 4.79 Å². The van der Waals surface area contributed by atoms with Crippen molar-refractivity contribution in [3.63, 3.8) is 0 Å². The summed E-state index contributed by atoms with van der Waals surface area (Å²) in [5.41, 5.74) is 2.63. The van der Waals surface area contributed by atoms with Crippen molar-refractivity contribution in [3.8, 4) is 22.8 Å². The van der Waals surface area contributed by atoms with Crippen LogP contribution in [0, 0.1) is 0 Å². The number of carbonyl (C=O) groups is 1. The summed E-state index contributed by atoms with van der Waals surface area (Å²) in [7, 11) is 3.17. The number of H-pyrrole nitrogens is 1. The molecule has 162 valence electrons. The Morgan fingerprint density at radius 3 is 2.35 bits per heavy atom. The lowest BCUT2D eigenvalue weighted by Crippen LogP contribution is -2.35. The highest BCUT2D eigenvalue weighted by Crippen LogP contribution is 2.26. The van der Waals surface area contributed by atoms with Gasteiger partial charge in [0.05, 0.1) is 19.9 Å². The summed E-state index contributed by atoms with van der Waals surface area (Å²) in [5.74, 6) is 2.10. The molecule has 1 amide bonds. The number of aromatic nitrogens is 2. The molecular weight excluding hydrogens is 460 g/mol. The molecule has 1 aliphatic heterocycles. The van der Waals surface area contributed by atoms with E-state index in [0.717, 1.165) is 41.1 Å². The summed E-state index contributed by atoms with van der Waals surface area (Å²) >= 11 is 3.46. The van der Waals surface area contributed by atoms with Crippen molar-refractivity contribution in [2.45, 2.75) is 6.42 Å². The zero-order valence-electron chi connectivity index (χ0n) is 17.6. The molecule has 4 rings (SSSR count). The van der Waals surface area contributed by atoms with Crippen LogP contribution in [0.15, 0.2) is 53.0 Å². The molecule has 3 aromatic rings. The number of ether oxygens (including phenoxy) is 2. The third-order valence-electron chi connectivity index (χ3n) is 5.43. The van der Waals surface area contributed by atoms with Gasteiger partial charge in [0.1, 0.15) is 11.5 Å². The minimum Gasteiger partial charge on any atom is -0.497 e. The maximum atomic E-state index is 13.1. The van der Waals surface area contributed by atoms with Crippen molar-refractivity contribution < 1.29 is 14.3 Å². The Morgan fingerprint density at radius 2 is 1.68 bits per heavy atom. The Balaban J connectivity index is 1.45. The van der Waals surface area contributed by atoms with Gasteiger partial charge in [0.2, 0.25) is 0 Å². The SMILES string of the molecule is COc1cc(OC)cc(C(=O)N2CCCN(c3cc(-c4ccc(Br)cc4)[nH]n3)CC2)c1.